The van der Waals surface area contributed by atoms with E-state index in [0.717, 1.165) is 5.56 Å². The van der Waals surface area contributed by atoms with Gasteiger partial charge in [-0.15, -0.1) is 0 Å². The van der Waals surface area contributed by atoms with Crippen LogP contribution in [0.3, 0.4) is 0 Å². The van der Waals surface area contributed by atoms with Gasteiger partial charge in [0, 0.05) is 11.1 Å². The minimum Gasteiger partial charge on any atom is -0.396 e. The molecule has 0 amide bonds. The number of halogens is 1. The molecule has 7 heteroatoms. The van der Waals surface area contributed by atoms with E-state index in [2.05, 4.69) is 20.7 Å². The molecule has 0 unspecified atom stereocenters. The first kappa shape index (κ1) is 20.1. The Morgan fingerprint density at radius 1 is 1.12 bits per heavy atom. The maximum atomic E-state index is 12.7. The molecule has 25 heavy (non-hydrogen) atoms. The van der Waals surface area contributed by atoms with Crippen molar-refractivity contribution in [1.82, 2.24) is 4.72 Å². The Hall–Kier alpha value is -1.25. The van der Waals surface area contributed by atoms with E-state index in [9.17, 15) is 13.5 Å². The number of hydrogen-bond donors (Lipinski definition) is 3. The number of aliphatic hydroxyl groups is 2. The summed E-state index contributed by atoms with van der Waals surface area (Å²) >= 11 is 3.41. The number of nitrogens with one attached hydrogen (secondary N) is 1. The van der Waals surface area contributed by atoms with Crippen LogP contribution in [-0.2, 0) is 10.0 Å². The molecule has 0 saturated heterocycles. The summed E-state index contributed by atoms with van der Waals surface area (Å²) in [6, 6.07) is 12.9. The summed E-state index contributed by atoms with van der Waals surface area (Å²) in [6.45, 7) is 1.82. The molecule has 136 valence electrons. The lowest BCUT2D eigenvalue weighted by Crippen LogP contribution is -2.36. The van der Waals surface area contributed by atoms with Crippen molar-refractivity contribution in [3.63, 3.8) is 0 Å². The van der Waals surface area contributed by atoms with Gasteiger partial charge in [-0.25, -0.2) is 13.1 Å². The molecular formula is C18H22BrNO4S. The van der Waals surface area contributed by atoms with Crippen molar-refractivity contribution in [2.75, 3.05) is 6.61 Å². The summed E-state index contributed by atoms with van der Waals surface area (Å²) in [5.41, 5.74) is 1.60. The van der Waals surface area contributed by atoms with E-state index >= 15 is 0 Å². The molecule has 2 rings (SSSR count). The maximum absolute atomic E-state index is 12.7. The van der Waals surface area contributed by atoms with Crippen molar-refractivity contribution in [3.8, 4) is 0 Å². The Morgan fingerprint density at radius 2 is 1.76 bits per heavy atom. The van der Waals surface area contributed by atoms with Crippen LogP contribution in [0.25, 0.3) is 0 Å². The molecule has 3 N–H and O–H groups in total. The molecule has 0 fully saturated rings. The fourth-order valence-corrected chi connectivity index (χ4v) is 4.28. The zero-order valence-electron chi connectivity index (χ0n) is 13.9. The summed E-state index contributed by atoms with van der Waals surface area (Å²) < 4.78 is 28.8. The number of rotatable bonds is 8. The van der Waals surface area contributed by atoms with Gasteiger partial charge in [-0.05, 0) is 43.5 Å². The molecule has 0 saturated carbocycles. The Labute approximate surface area is 156 Å². The van der Waals surface area contributed by atoms with Gasteiger partial charge in [-0.1, -0.05) is 51.8 Å². The van der Waals surface area contributed by atoms with Crippen LogP contribution in [0, 0.1) is 6.92 Å². The van der Waals surface area contributed by atoms with Crippen molar-refractivity contribution in [1.29, 1.82) is 0 Å². The number of sulfonamides is 1. The predicted octanol–water partition coefficient (Wildman–Crippen LogP) is 2.91. The fourth-order valence-electron chi connectivity index (χ4n) is 2.50. The first-order valence-corrected chi connectivity index (χ1v) is 10.2. The second-order valence-electron chi connectivity index (χ2n) is 5.87. The van der Waals surface area contributed by atoms with Crippen LogP contribution >= 0.6 is 15.9 Å². The Bertz CT molecular complexity index is 793. The summed E-state index contributed by atoms with van der Waals surface area (Å²) in [7, 11) is -3.80. The number of aryl methyl sites for hydroxylation is 1. The second-order valence-corrected chi connectivity index (χ2v) is 8.44. The van der Waals surface area contributed by atoms with Gasteiger partial charge in [0.05, 0.1) is 17.0 Å². The molecule has 0 bridgehead atoms. The predicted molar refractivity (Wildman–Crippen MR) is 101 cm³/mol. The topological polar surface area (TPSA) is 86.6 Å². The minimum atomic E-state index is -3.80. The molecule has 2 atom stereocenters. The third kappa shape index (κ3) is 5.36. The lowest BCUT2D eigenvalue weighted by molar-refractivity contribution is 0.117. The van der Waals surface area contributed by atoms with Gasteiger partial charge in [0.1, 0.15) is 0 Å². The van der Waals surface area contributed by atoms with Gasteiger partial charge < -0.3 is 10.2 Å². The third-order valence-corrected chi connectivity index (χ3v) is 6.08. The van der Waals surface area contributed by atoms with Gasteiger partial charge >= 0.3 is 0 Å². The summed E-state index contributed by atoms with van der Waals surface area (Å²) in [5, 5.41) is 19.5. The smallest absolute Gasteiger partial charge is 0.241 e. The van der Waals surface area contributed by atoms with Crippen molar-refractivity contribution in [3.05, 3.63) is 64.1 Å². The maximum Gasteiger partial charge on any atom is 0.241 e. The van der Waals surface area contributed by atoms with Gasteiger partial charge in [-0.3, -0.25) is 0 Å². The van der Waals surface area contributed by atoms with Gasteiger partial charge in [-0.2, -0.15) is 0 Å². The lowest BCUT2D eigenvalue weighted by Gasteiger charge is -2.25. The molecule has 0 aliphatic carbocycles. The van der Waals surface area contributed by atoms with Crippen LogP contribution < -0.4 is 4.72 Å². The van der Waals surface area contributed by atoms with Crippen LogP contribution in [0.1, 0.15) is 30.0 Å². The quantitative estimate of drug-likeness (QED) is 0.604. The van der Waals surface area contributed by atoms with Gasteiger partial charge in [0.2, 0.25) is 10.0 Å². The first-order chi connectivity index (χ1) is 11.8. The van der Waals surface area contributed by atoms with Crippen LogP contribution in [0.2, 0.25) is 0 Å². The van der Waals surface area contributed by atoms with E-state index in [1.165, 1.54) is 12.1 Å². The Balaban J connectivity index is 2.35. The summed E-state index contributed by atoms with van der Waals surface area (Å²) in [4.78, 5) is 0.143. The van der Waals surface area contributed by atoms with E-state index in [0.29, 0.717) is 16.5 Å². The number of hydrogen-bond acceptors (Lipinski definition) is 4. The molecule has 5 nitrogen and oxygen atoms in total. The molecule has 0 aromatic heterocycles. The van der Waals surface area contributed by atoms with E-state index < -0.39 is 22.2 Å². The molecular weight excluding hydrogens is 406 g/mol. The van der Waals surface area contributed by atoms with Crippen molar-refractivity contribution >= 4 is 26.0 Å². The highest BCUT2D eigenvalue weighted by molar-refractivity contribution is 9.10. The lowest BCUT2D eigenvalue weighted by atomic mass is 9.99. The zero-order chi connectivity index (χ0) is 18.4. The van der Waals surface area contributed by atoms with Crippen LogP contribution in [0.4, 0.5) is 0 Å². The molecule has 0 heterocycles. The molecule has 0 aliphatic heterocycles. The summed E-state index contributed by atoms with van der Waals surface area (Å²) in [5.74, 6) is 0. The average molecular weight is 428 g/mol. The van der Waals surface area contributed by atoms with Crippen LogP contribution in [-0.4, -0.2) is 31.3 Å². The van der Waals surface area contributed by atoms with Gasteiger partial charge in [0.25, 0.3) is 0 Å². The Kier molecular flexibility index (Phi) is 7.15. The molecule has 0 aliphatic rings. The Morgan fingerprint density at radius 3 is 2.36 bits per heavy atom. The van der Waals surface area contributed by atoms with Crippen molar-refractivity contribution in [2.45, 2.75) is 36.8 Å². The molecule has 0 radical (unpaired) electrons. The van der Waals surface area contributed by atoms with Crippen LogP contribution in [0.5, 0.6) is 0 Å². The minimum absolute atomic E-state index is 0.0650. The number of benzene rings is 2. The van der Waals surface area contributed by atoms with E-state index in [4.69, 9.17) is 5.11 Å². The fraction of sp³-hybridized carbons (Fsp3) is 0.333. The standard InChI is InChI=1S/C18H22BrNO4S/c1-13-8-10-14(11-9-13)25(23,24)20-18(17(22)7-4-12-21)15-5-2-3-6-16(15)19/h2-3,5-6,8-11,17-18,20-22H,4,7,12H2,1H3/t17-,18-/m1/s1. The highest BCUT2D eigenvalue weighted by Crippen LogP contribution is 2.29. The normalized spacial score (nSPS) is 14.2. The van der Waals surface area contributed by atoms with Gasteiger partial charge in [0.15, 0.2) is 0 Å². The molecule has 2 aromatic carbocycles. The zero-order valence-corrected chi connectivity index (χ0v) is 16.3. The highest BCUT2D eigenvalue weighted by atomic mass is 79.9. The van der Waals surface area contributed by atoms with E-state index in [1.54, 1.807) is 30.3 Å². The van der Waals surface area contributed by atoms with E-state index in [-0.39, 0.29) is 17.9 Å². The third-order valence-electron chi connectivity index (χ3n) is 3.90. The molecule has 0 spiro atoms. The molecule has 2 aromatic rings. The average Bonchev–Trinajstić information content (AvgIpc) is 2.58. The monoisotopic (exact) mass is 427 g/mol. The second kappa shape index (κ2) is 8.91. The SMILES string of the molecule is Cc1ccc(S(=O)(=O)N[C@H](c2ccccc2Br)[C@H](O)CCCO)cc1. The van der Waals surface area contributed by atoms with E-state index in [1.807, 2.05) is 13.0 Å². The first-order valence-electron chi connectivity index (χ1n) is 7.97. The largest absolute Gasteiger partial charge is 0.396 e. The highest BCUT2D eigenvalue weighted by Gasteiger charge is 2.28. The number of aliphatic hydroxyl groups excluding tert-OH is 2. The summed E-state index contributed by atoms with van der Waals surface area (Å²) in [6.07, 6.45) is -0.307. The van der Waals surface area contributed by atoms with Crippen molar-refractivity contribution in [2.24, 2.45) is 0 Å². The van der Waals surface area contributed by atoms with Crippen molar-refractivity contribution < 1.29 is 18.6 Å². The van der Waals surface area contributed by atoms with Crippen LogP contribution in [0.15, 0.2) is 57.9 Å².